The summed E-state index contributed by atoms with van der Waals surface area (Å²) in [6.45, 7) is 14.6. The first kappa shape index (κ1) is 89.1. The van der Waals surface area contributed by atoms with Crippen LogP contribution in [0.5, 0.6) is 11.5 Å². The van der Waals surface area contributed by atoms with Crippen LogP contribution in [-0.4, -0.2) is 117 Å². The Morgan fingerprint density at radius 1 is 0.512 bits per heavy atom. The number of sulfonamides is 3. The van der Waals surface area contributed by atoms with Gasteiger partial charge in [0.05, 0.1) is 64.8 Å². The molecule has 0 bridgehead atoms. The molecular weight excluding hydrogens is 1640 g/mol. The molecule has 0 aliphatic carbocycles. The number of aryl methyl sites for hydroxylation is 4. The lowest BCUT2D eigenvalue weighted by molar-refractivity contribution is -0.118. The second-order valence-corrected chi connectivity index (χ2v) is 35.4. The van der Waals surface area contributed by atoms with Gasteiger partial charge < -0.3 is 40.2 Å². The molecule has 642 valence electrons. The summed E-state index contributed by atoms with van der Waals surface area (Å²) >= 11 is 0. The van der Waals surface area contributed by atoms with E-state index in [4.69, 9.17) is 14.5 Å². The van der Waals surface area contributed by atoms with Gasteiger partial charge in [0.1, 0.15) is 38.3 Å². The minimum absolute atomic E-state index is 0.0387. The smallest absolute Gasteiger partial charge is 0.264 e. The van der Waals surface area contributed by atoms with E-state index >= 15 is 0 Å². The molecule has 0 saturated carbocycles. The van der Waals surface area contributed by atoms with Gasteiger partial charge in [-0.15, -0.1) is 0 Å². The topological polar surface area (TPSA) is 325 Å². The number of aromatic nitrogens is 5. The van der Waals surface area contributed by atoms with Crippen molar-refractivity contribution in [2.45, 2.75) is 113 Å². The Morgan fingerprint density at radius 3 is 1.58 bits per heavy atom. The zero-order chi connectivity index (χ0) is 88.7. The molecule has 10 aromatic carbocycles. The number of carbonyl (C=O) groups excluding carboxylic acids is 4. The molecule has 3 atom stereocenters. The van der Waals surface area contributed by atoms with Crippen LogP contribution in [0.15, 0.2) is 299 Å². The fourth-order valence-electron chi connectivity index (χ4n) is 15.0. The predicted octanol–water partition coefficient (Wildman–Crippen LogP) is 16.7. The number of pyridine rings is 2. The fourth-order valence-corrected chi connectivity index (χ4v) is 19.4. The first-order valence-electron chi connectivity index (χ1n) is 40.8. The molecule has 0 spiro atoms. The molecule has 6 heterocycles. The average molecular weight is 1740 g/mol. The zero-order valence-corrected chi connectivity index (χ0v) is 73.4. The highest BCUT2D eigenvalue weighted by molar-refractivity contribution is 7.93. The maximum absolute atomic E-state index is 13.7. The van der Waals surface area contributed by atoms with Crippen LogP contribution in [0.1, 0.15) is 93.4 Å². The van der Waals surface area contributed by atoms with Crippen molar-refractivity contribution in [3.05, 3.63) is 340 Å². The van der Waals surface area contributed by atoms with E-state index in [0.717, 1.165) is 80.7 Å². The second-order valence-electron chi connectivity index (χ2n) is 30.4. The SMILES string of the molecule is CCc1ccc(NC(=O)C(Cc2ccccc2)NS(=O)(=O)c2cccc3cccnc23)cc1.COc1ccc(C2C(C(=O)Nc3ccccc3OC)=C(C)Nc3nc4ccccc4n32)cc1.Cc1ccc(C)c(NS(=O)(=O)c2c(C(=O)N3CCCC3)c(C)n(C)c2C)c1.Cc1ccc(NC(=O)C(Cc2ccccc2)NS(=O)(=O)c2cccc3cccnc23)cc1. The summed E-state index contributed by atoms with van der Waals surface area (Å²) in [4.78, 5) is 68.3. The average Bonchev–Trinajstić information content (AvgIpc) is 1.61. The first-order chi connectivity index (χ1) is 60.1. The normalized spacial score (nSPS) is 13.6. The van der Waals surface area contributed by atoms with Gasteiger partial charge in [-0.05, 0) is 198 Å². The number of nitrogens with one attached hydrogen (secondary N) is 7. The lowest BCUT2D eigenvalue weighted by atomic mass is 9.94. The Morgan fingerprint density at radius 2 is 1.03 bits per heavy atom. The standard InChI is InChI=1S/C26H24N4O3.C26H25N3O3S.C25H23N3O3S.C20H27N3O3S/c1-16-23(25(31)28-20-9-5-7-11-22(20)33-3)24(17-12-14-18(32-2)15-13-17)30-21-10-6-4-8-19(21)29-26(30)27-16;1-2-19-13-15-22(16-14-19)28-26(30)23(18-20-8-4-3-5-9-20)29-33(31,32)24-12-6-10-21-11-7-17-27-25(21)24;1-18-12-14-21(15-13-18)27-25(29)22(17-19-7-3-2-4-8-19)28-32(30,31)23-11-5-9-20-10-6-16-26-24(20)23;1-13-8-9-14(2)17(12-13)21-27(25,26)19-16(4)22(5)15(3)18(19)20(24)23-10-6-7-11-23/h4-15,24H,1-3H3,(H,27,29)(H,28,31);3-17,23,29H,2,18H2,1H3,(H,28,30);2-16,22,28H,17H2,1H3,(H,27,29);8-9,12,21H,6-7,10-11H2,1-5H3. The first-order valence-corrected chi connectivity index (χ1v) is 45.2. The molecular formula is C97H99N13O12S3. The Hall–Kier alpha value is -13.6. The molecule has 25 nitrogen and oxygen atoms in total. The van der Waals surface area contributed by atoms with Gasteiger partial charge in [-0.3, -0.25) is 38.4 Å². The second kappa shape index (κ2) is 39.7. The van der Waals surface area contributed by atoms with Gasteiger partial charge in [0.15, 0.2) is 0 Å². The van der Waals surface area contributed by atoms with Crippen LogP contribution in [0.25, 0.3) is 32.8 Å². The minimum Gasteiger partial charge on any atom is -0.497 e. The minimum atomic E-state index is -4.03. The lowest BCUT2D eigenvalue weighted by Crippen LogP contribution is -2.45. The maximum atomic E-state index is 13.7. The van der Waals surface area contributed by atoms with Crippen LogP contribution in [-0.2, 0) is 70.8 Å². The largest absolute Gasteiger partial charge is 0.497 e. The van der Waals surface area contributed by atoms with Gasteiger partial charge in [0, 0.05) is 71.8 Å². The molecule has 4 aromatic heterocycles. The summed E-state index contributed by atoms with van der Waals surface area (Å²) in [6.07, 6.45) is 6.32. The van der Waals surface area contributed by atoms with E-state index in [9.17, 15) is 44.4 Å². The molecule has 7 N–H and O–H groups in total. The molecule has 125 heavy (non-hydrogen) atoms. The number of allylic oxidation sites excluding steroid dienone is 1. The third-order valence-electron chi connectivity index (χ3n) is 21.8. The number of fused-ring (bicyclic) bond motifs is 5. The molecule has 14 aromatic rings. The lowest BCUT2D eigenvalue weighted by Gasteiger charge is -2.31. The molecule has 0 radical (unpaired) electrons. The highest BCUT2D eigenvalue weighted by Crippen LogP contribution is 2.41. The van der Waals surface area contributed by atoms with Crippen molar-refractivity contribution in [2.24, 2.45) is 7.05 Å². The molecule has 16 rings (SSSR count). The van der Waals surface area contributed by atoms with Crippen LogP contribution in [0, 0.1) is 34.6 Å². The number of para-hydroxylation sites is 6. The third-order valence-corrected chi connectivity index (χ3v) is 26.3. The number of amides is 4. The molecule has 1 saturated heterocycles. The zero-order valence-electron chi connectivity index (χ0n) is 71.0. The number of imidazole rings is 1. The molecule has 1 fully saturated rings. The number of likely N-dealkylation sites (tertiary alicyclic amines) is 1. The van der Waals surface area contributed by atoms with E-state index in [1.54, 1.807) is 124 Å². The molecule has 28 heteroatoms. The highest BCUT2D eigenvalue weighted by Gasteiger charge is 2.37. The van der Waals surface area contributed by atoms with Gasteiger partial charge in [0.25, 0.3) is 21.8 Å². The number of methoxy groups -OCH3 is 2. The van der Waals surface area contributed by atoms with Crippen molar-refractivity contribution < 1.29 is 53.9 Å². The van der Waals surface area contributed by atoms with Crippen molar-refractivity contribution in [1.29, 1.82) is 0 Å². The summed E-state index contributed by atoms with van der Waals surface area (Å²) < 4.78 is 102. The van der Waals surface area contributed by atoms with Crippen LogP contribution in [0.4, 0.5) is 28.7 Å². The quantitative estimate of drug-likeness (QED) is 0.0296. The van der Waals surface area contributed by atoms with Crippen molar-refractivity contribution in [1.82, 2.24) is 38.4 Å². The number of hydrogen-bond donors (Lipinski definition) is 7. The van der Waals surface area contributed by atoms with Crippen molar-refractivity contribution in [2.75, 3.05) is 53.3 Å². The summed E-state index contributed by atoms with van der Waals surface area (Å²) in [5.41, 5.74) is 14.4. The van der Waals surface area contributed by atoms with Gasteiger partial charge in [0.2, 0.25) is 37.8 Å². The number of nitrogens with zero attached hydrogens (tertiary/aromatic N) is 6. The van der Waals surface area contributed by atoms with Gasteiger partial charge in [-0.25, -0.2) is 30.2 Å². The fraction of sp³-hybridized carbons (Fsp3) is 0.206. The summed E-state index contributed by atoms with van der Waals surface area (Å²) in [5.74, 6) is 0.772. The van der Waals surface area contributed by atoms with E-state index in [0.29, 0.717) is 86.3 Å². The Balaban J connectivity index is 0.000000143. The van der Waals surface area contributed by atoms with Crippen LogP contribution >= 0.6 is 0 Å². The number of carbonyl (C=O) groups is 4. The molecule has 4 amide bonds. The van der Waals surface area contributed by atoms with E-state index in [1.165, 1.54) is 12.1 Å². The highest BCUT2D eigenvalue weighted by atomic mass is 32.2. The Labute approximate surface area is 728 Å². The number of rotatable bonds is 24. The van der Waals surface area contributed by atoms with Crippen molar-refractivity contribution in [3.8, 4) is 11.5 Å². The van der Waals surface area contributed by atoms with E-state index in [-0.39, 0.29) is 50.9 Å². The number of hydrogen-bond acceptors (Lipinski definition) is 16. The maximum Gasteiger partial charge on any atom is 0.264 e. The van der Waals surface area contributed by atoms with E-state index in [1.807, 2.05) is 210 Å². The Kier molecular flexibility index (Phi) is 28.3. The molecule has 2 aliphatic heterocycles. The molecule has 2 aliphatic rings. The van der Waals surface area contributed by atoms with Gasteiger partial charge >= 0.3 is 0 Å². The summed E-state index contributed by atoms with van der Waals surface area (Å²) in [7, 11) is -6.94. The van der Waals surface area contributed by atoms with Gasteiger partial charge in [-0.2, -0.15) is 9.44 Å². The number of benzene rings is 10. The van der Waals surface area contributed by atoms with Crippen molar-refractivity contribution in [3.63, 3.8) is 0 Å². The van der Waals surface area contributed by atoms with E-state index in [2.05, 4.69) is 56.9 Å². The van der Waals surface area contributed by atoms with Crippen LogP contribution in [0.3, 0.4) is 0 Å². The summed E-state index contributed by atoms with van der Waals surface area (Å²) in [5, 5.41) is 13.4. The van der Waals surface area contributed by atoms with Crippen molar-refractivity contribution >= 4 is 115 Å². The third kappa shape index (κ3) is 21.2. The van der Waals surface area contributed by atoms with Crippen LogP contribution in [0.2, 0.25) is 0 Å². The predicted molar refractivity (Wildman–Crippen MR) is 492 cm³/mol. The summed E-state index contributed by atoms with van der Waals surface area (Å²) in [6, 6.07) is 76.8. The monoisotopic (exact) mass is 1730 g/mol. The Bertz CT molecular complexity index is 6660. The van der Waals surface area contributed by atoms with Crippen LogP contribution < -0.4 is 44.9 Å². The number of anilines is 5. The van der Waals surface area contributed by atoms with Gasteiger partial charge in [-0.1, -0.05) is 182 Å². The number of ether oxygens (including phenoxy) is 2. The molecule has 3 unspecified atom stereocenters. The van der Waals surface area contributed by atoms with E-state index < -0.39 is 54.0 Å².